The molecule has 3 N–H and O–H groups in total. The molecule has 0 saturated heterocycles. The Balaban J connectivity index is 2.01. The van der Waals surface area contributed by atoms with E-state index < -0.39 is 0 Å². The maximum Gasteiger partial charge on any atom is 0.323 e. The Labute approximate surface area is 110 Å². The molecule has 0 aliphatic heterocycles. The minimum absolute atomic E-state index is 0.111. The standard InChI is InChI=1S/C11H16N6O2/c1-3-4-18-11-15-9(12)14-10(16-11)13-6-8-5-7(2)19-17-8/h5H,3-4,6H2,1-2H3,(H3,12,13,14,15,16). The maximum absolute atomic E-state index is 5.59. The van der Waals surface area contributed by atoms with E-state index in [0.717, 1.165) is 17.9 Å². The first-order valence-corrected chi connectivity index (χ1v) is 5.97. The van der Waals surface area contributed by atoms with E-state index in [2.05, 4.69) is 25.4 Å². The number of anilines is 2. The van der Waals surface area contributed by atoms with Gasteiger partial charge in [0.1, 0.15) is 11.5 Å². The lowest BCUT2D eigenvalue weighted by molar-refractivity contribution is 0.292. The smallest absolute Gasteiger partial charge is 0.323 e. The van der Waals surface area contributed by atoms with Crippen LogP contribution in [0.5, 0.6) is 6.01 Å². The van der Waals surface area contributed by atoms with E-state index in [4.69, 9.17) is 15.0 Å². The third-order valence-corrected chi connectivity index (χ3v) is 2.17. The van der Waals surface area contributed by atoms with Gasteiger partial charge < -0.3 is 20.3 Å². The van der Waals surface area contributed by atoms with Crippen LogP contribution in [0.15, 0.2) is 10.6 Å². The SMILES string of the molecule is CCCOc1nc(N)nc(NCc2cc(C)on2)n1. The summed E-state index contributed by atoms with van der Waals surface area (Å²) < 4.78 is 10.3. The number of aryl methyl sites for hydroxylation is 1. The summed E-state index contributed by atoms with van der Waals surface area (Å²) in [6.45, 7) is 4.80. The summed E-state index contributed by atoms with van der Waals surface area (Å²) in [5.74, 6) is 1.21. The first-order valence-electron chi connectivity index (χ1n) is 5.97. The molecule has 8 heteroatoms. The Morgan fingerprint density at radius 1 is 1.37 bits per heavy atom. The molecule has 2 aromatic rings. The van der Waals surface area contributed by atoms with Gasteiger partial charge in [0.25, 0.3) is 0 Å². The van der Waals surface area contributed by atoms with Gasteiger partial charge >= 0.3 is 6.01 Å². The van der Waals surface area contributed by atoms with Crippen molar-refractivity contribution >= 4 is 11.9 Å². The van der Waals surface area contributed by atoms with Gasteiger partial charge in [-0.3, -0.25) is 0 Å². The molecule has 0 aliphatic rings. The van der Waals surface area contributed by atoms with Gasteiger partial charge in [-0.2, -0.15) is 15.0 Å². The molecule has 0 amide bonds. The third kappa shape index (κ3) is 3.80. The van der Waals surface area contributed by atoms with Crippen molar-refractivity contribution < 1.29 is 9.26 Å². The quantitative estimate of drug-likeness (QED) is 0.799. The van der Waals surface area contributed by atoms with Crippen molar-refractivity contribution in [3.05, 3.63) is 17.5 Å². The Hall–Kier alpha value is -2.38. The fourth-order valence-electron chi connectivity index (χ4n) is 1.38. The number of nitrogen functional groups attached to an aromatic ring is 1. The molecule has 8 nitrogen and oxygen atoms in total. The molecule has 2 heterocycles. The van der Waals surface area contributed by atoms with Crippen molar-refractivity contribution in [1.82, 2.24) is 20.1 Å². The third-order valence-electron chi connectivity index (χ3n) is 2.17. The second kappa shape index (κ2) is 5.98. The van der Waals surface area contributed by atoms with Crippen molar-refractivity contribution in [2.75, 3.05) is 17.7 Å². The number of hydrogen-bond acceptors (Lipinski definition) is 8. The molecule has 0 saturated carbocycles. The van der Waals surface area contributed by atoms with Crippen LogP contribution in [0.1, 0.15) is 24.8 Å². The molecule has 0 aromatic carbocycles. The lowest BCUT2D eigenvalue weighted by atomic mass is 10.4. The lowest BCUT2D eigenvalue weighted by Crippen LogP contribution is -2.09. The number of nitrogens with zero attached hydrogens (tertiary/aromatic N) is 4. The van der Waals surface area contributed by atoms with Crippen molar-refractivity contribution in [3.63, 3.8) is 0 Å². The first kappa shape index (κ1) is 13.1. The Morgan fingerprint density at radius 3 is 2.89 bits per heavy atom. The van der Waals surface area contributed by atoms with Gasteiger partial charge in [0.15, 0.2) is 0 Å². The van der Waals surface area contributed by atoms with Gasteiger partial charge in [-0.05, 0) is 13.3 Å². The number of hydrogen-bond donors (Lipinski definition) is 2. The minimum Gasteiger partial charge on any atom is -0.463 e. The van der Waals surface area contributed by atoms with E-state index in [-0.39, 0.29) is 12.0 Å². The van der Waals surface area contributed by atoms with E-state index in [1.165, 1.54) is 0 Å². The van der Waals surface area contributed by atoms with E-state index in [0.29, 0.717) is 19.1 Å². The normalized spacial score (nSPS) is 10.4. The van der Waals surface area contributed by atoms with Crippen LogP contribution in [0.4, 0.5) is 11.9 Å². The zero-order chi connectivity index (χ0) is 13.7. The van der Waals surface area contributed by atoms with Crippen LogP contribution in [0.2, 0.25) is 0 Å². The first-order chi connectivity index (χ1) is 9.17. The highest BCUT2D eigenvalue weighted by molar-refractivity contribution is 5.33. The average Bonchev–Trinajstić information content (AvgIpc) is 2.79. The molecule has 0 radical (unpaired) electrons. The fourth-order valence-corrected chi connectivity index (χ4v) is 1.38. The molecule has 0 atom stereocenters. The largest absolute Gasteiger partial charge is 0.463 e. The molecule has 19 heavy (non-hydrogen) atoms. The summed E-state index contributed by atoms with van der Waals surface area (Å²) in [7, 11) is 0. The highest BCUT2D eigenvalue weighted by Gasteiger charge is 2.06. The number of nitrogens with one attached hydrogen (secondary N) is 1. The van der Waals surface area contributed by atoms with Crippen LogP contribution in [0, 0.1) is 6.92 Å². The Morgan fingerprint density at radius 2 is 2.21 bits per heavy atom. The van der Waals surface area contributed by atoms with Gasteiger partial charge in [0.05, 0.1) is 13.2 Å². The summed E-state index contributed by atoms with van der Waals surface area (Å²) >= 11 is 0. The predicted molar refractivity (Wildman–Crippen MR) is 68.6 cm³/mol. The predicted octanol–water partition coefficient (Wildman–Crippen LogP) is 1.15. The van der Waals surface area contributed by atoms with Crippen LogP contribution in [0.3, 0.4) is 0 Å². The fraction of sp³-hybridized carbons (Fsp3) is 0.455. The summed E-state index contributed by atoms with van der Waals surface area (Å²) in [6, 6.07) is 2.04. The van der Waals surface area contributed by atoms with Gasteiger partial charge in [-0.1, -0.05) is 12.1 Å². The minimum atomic E-state index is 0.111. The lowest BCUT2D eigenvalue weighted by Gasteiger charge is -2.06. The monoisotopic (exact) mass is 264 g/mol. The van der Waals surface area contributed by atoms with E-state index in [9.17, 15) is 0 Å². The molecule has 0 unspecified atom stereocenters. The summed E-state index contributed by atoms with van der Waals surface area (Å²) in [5.41, 5.74) is 6.34. The van der Waals surface area contributed by atoms with Crippen LogP contribution >= 0.6 is 0 Å². The molecule has 2 rings (SSSR count). The molecule has 0 fully saturated rings. The highest BCUT2D eigenvalue weighted by atomic mass is 16.5. The van der Waals surface area contributed by atoms with Gasteiger partial charge in [0.2, 0.25) is 11.9 Å². The van der Waals surface area contributed by atoms with Crippen molar-refractivity contribution in [3.8, 4) is 6.01 Å². The van der Waals surface area contributed by atoms with Crippen LogP contribution in [-0.2, 0) is 6.54 Å². The molecular weight excluding hydrogens is 248 g/mol. The summed E-state index contributed by atoms with van der Waals surface area (Å²) in [4.78, 5) is 12.0. The maximum atomic E-state index is 5.59. The van der Waals surface area contributed by atoms with E-state index >= 15 is 0 Å². The summed E-state index contributed by atoms with van der Waals surface area (Å²) in [5, 5.41) is 6.84. The number of ether oxygens (including phenoxy) is 1. The molecule has 0 bridgehead atoms. The van der Waals surface area contributed by atoms with Crippen LogP contribution in [0.25, 0.3) is 0 Å². The van der Waals surface area contributed by atoms with Crippen molar-refractivity contribution in [1.29, 1.82) is 0 Å². The van der Waals surface area contributed by atoms with Gasteiger partial charge in [-0.25, -0.2) is 0 Å². The molecule has 102 valence electrons. The average molecular weight is 264 g/mol. The molecule has 2 aromatic heterocycles. The highest BCUT2D eigenvalue weighted by Crippen LogP contribution is 2.10. The molecular formula is C11H16N6O2. The van der Waals surface area contributed by atoms with Gasteiger partial charge in [-0.15, -0.1) is 0 Å². The summed E-state index contributed by atoms with van der Waals surface area (Å²) in [6.07, 6.45) is 0.868. The van der Waals surface area contributed by atoms with Crippen molar-refractivity contribution in [2.24, 2.45) is 0 Å². The number of rotatable bonds is 6. The zero-order valence-corrected chi connectivity index (χ0v) is 10.9. The molecule has 0 aliphatic carbocycles. The van der Waals surface area contributed by atoms with E-state index in [1.807, 2.05) is 19.9 Å². The topological polar surface area (TPSA) is 112 Å². The van der Waals surface area contributed by atoms with E-state index in [1.54, 1.807) is 0 Å². The number of nitrogens with two attached hydrogens (primary N) is 1. The second-order valence-corrected chi connectivity index (χ2v) is 3.93. The number of aromatic nitrogens is 4. The van der Waals surface area contributed by atoms with Crippen LogP contribution < -0.4 is 15.8 Å². The second-order valence-electron chi connectivity index (χ2n) is 3.93. The Kier molecular flexibility index (Phi) is 4.11. The van der Waals surface area contributed by atoms with Gasteiger partial charge in [0, 0.05) is 6.07 Å². The van der Waals surface area contributed by atoms with Crippen molar-refractivity contribution in [2.45, 2.75) is 26.8 Å². The Bertz CT molecular complexity index is 542. The zero-order valence-electron chi connectivity index (χ0n) is 10.9. The van der Waals surface area contributed by atoms with Crippen LogP contribution in [-0.4, -0.2) is 26.7 Å². The molecule has 0 spiro atoms.